The lowest BCUT2D eigenvalue weighted by molar-refractivity contribution is 0.320. The zero-order valence-corrected chi connectivity index (χ0v) is 12.0. The minimum absolute atomic E-state index is 0.639. The van der Waals surface area contributed by atoms with Crippen LogP contribution in [0.15, 0.2) is 33.9 Å². The minimum Gasteiger partial charge on any atom is -0.491 e. The number of nitrogens with two attached hydrogens (primary N) is 1. The topological polar surface area (TPSA) is 61.3 Å². The summed E-state index contributed by atoms with van der Waals surface area (Å²) in [6, 6.07) is 7.52. The lowest BCUT2D eigenvalue weighted by Crippen LogP contribution is -2.01. The van der Waals surface area contributed by atoms with Crippen molar-refractivity contribution in [1.82, 2.24) is 4.98 Å². The minimum atomic E-state index is 0.639. The van der Waals surface area contributed by atoms with Crippen molar-refractivity contribution in [2.75, 3.05) is 18.1 Å². The van der Waals surface area contributed by atoms with Crippen molar-refractivity contribution in [3.05, 3.63) is 35.7 Å². The highest BCUT2D eigenvalue weighted by Gasteiger charge is 2.05. The van der Waals surface area contributed by atoms with Crippen LogP contribution in [-0.4, -0.2) is 17.3 Å². The predicted molar refractivity (Wildman–Crippen MR) is 77.7 cm³/mol. The molecule has 1 heterocycles. The van der Waals surface area contributed by atoms with Crippen molar-refractivity contribution in [3.63, 3.8) is 0 Å². The van der Waals surface area contributed by atoms with Crippen molar-refractivity contribution in [1.29, 1.82) is 0 Å². The smallest absolute Gasteiger partial charge is 0.256 e. The summed E-state index contributed by atoms with van der Waals surface area (Å²) in [7, 11) is 0. The lowest BCUT2D eigenvalue weighted by atomic mass is 10.3. The van der Waals surface area contributed by atoms with Crippen molar-refractivity contribution in [3.8, 4) is 5.75 Å². The molecule has 0 saturated carbocycles. The van der Waals surface area contributed by atoms with E-state index in [1.807, 2.05) is 38.1 Å². The Morgan fingerprint density at radius 2 is 2.11 bits per heavy atom. The van der Waals surface area contributed by atoms with Gasteiger partial charge in [0.05, 0.1) is 18.0 Å². The number of rotatable bonds is 6. The summed E-state index contributed by atoms with van der Waals surface area (Å²) in [5.41, 5.74) is 7.42. The molecule has 0 aliphatic heterocycles. The molecule has 102 valence electrons. The number of oxazole rings is 1. The van der Waals surface area contributed by atoms with Gasteiger partial charge in [-0.1, -0.05) is 23.9 Å². The second kappa shape index (κ2) is 6.52. The fraction of sp³-hybridized carbons (Fsp3) is 0.357. The lowest BCUT2D eigenvalue weighted by Gasteiger charge is -2.07. The zero-order valence-electron chi connectivity index (χ0n) is 11.2. The molecule has 0 fully saturated rings. The first-order valence-corrected chi connectivity index (χ1v) is 7.19. The number of aryl methyl sites for hydroxylation is 2. The van der Waals surface area contributed by atoms with Gasteiger partial charge in [-0.3, -0.25) is 0 Å². The van der Waals surface area contributed by atoms with Gasteiger partial charge < -0.3 is 14.9 Å². The van der Waals surface area contributed by atoms with E-state index < -0.39 is 0 Å². The van der Waals surface area contributed by atoms with E-state index >= 15 is 0 Å². The molecule has 0 atom stereocenters. The molecule has 0 saturated heterocycles. The molecular formula is C14H18N2O2S. The van der Waals surface area contributed by atoms with E-state index in [1.165, 1.54) is 0 Å². The molecule has 5 heteroatoms. The van der Waals surface area contributed by atoms with Gasteiger partial charge in [-0.05, 0) is 32.4 Å². The summed E-state index contributed by atoms with van der Waals surface area (Å²) in [4.78, 5) is 4.32. The van der Waals surface area contributed by atoms with Crippen LogP contribution in [0.2, 0.25) is 0 Å². The molecule has 0 aliphatic carbocycles. The van der Waals surface area contributed by atoms with E-state index in [1.54, 1.807) is 11.8 Å². The maximum absolute atomic E-state index is 5.79. The summed E-state index contributed by atoms with van der Waals surface area (Å²) in [6.07, 6.45) is 0.916. The van der Waals surface area contributed by atoms with Gasteiger partial charge in [-0.2, -0.15) is 0 Å². The Morgan fingerprint density at radius 3 is 2.79 bits per heavy atom. The Bertz CT molecular complexity index is 520. The molecule has 0 spiro atoms. The van der Waals surface area contributed by atoms with E-state index in [2.05, 4.69) is 4.98 Å². The maximum atomic E-state index is 5.79. The van der Waals surface area contributed by atoms with Gasteiger partial charge in [0, 0.05) is 5.75 Å². The molecule has 19 heavy (non-hydrogen) atoms. The van der Waals surface area contributed by atoms with Crippen LogP contribution in [0.1, 0.15) is 17.9 Å². The van der Waals surface area contributed by atoms with Crippen LogP contribution in [0.25, 0.3) is 0 Å². The van der Waals surface area contributed by atoms with Crippen LogP contribution >= 0.6 is 11.8 Å². The predicted octanol–water partition coefficient (Wildman–Crippen LogP) is 3.43. The summed E-state index contributed by atoms with van der Waals surface area (Å²) >= 11 is 1.61. The van der Waals surface area contributed by atoms with Gasteiger partial charge in [0.25, 0.3) is 5.22 Å². The Kier molecular flexibility index (Phi) is 4.74. The molecule has 4 nitrogen and oxygen atoms in total. The molecule has 0 amide bonds. The molecule has 2 rings (SSSR count). The second-order valence-electron chi connectivity index (χ2n) is 4.21. The number of benzene rings is 1. The van der Waals surface area contributed by atoms with Gasteiger partial charge in [0.15, 0.2) is 0 Å². The molecule has 0 bridgehead atoms. The Hall–Kier alpha value is -1.62. The first kappa shape index (κ1) is 13.8. The third kappa shape index (κ3) is 3.92. The molecule has 0 unspecified atom stereocenters. The van der Waals surface area contributed by atoms with Crippen LogP contribution in [0.5, 0.6) is 5.75 Å². The van der Waals surface area contributed by atoms with Gasteiger partial charge in [-0.25, -0.2) is 4.98 Å². The first-order valence-electron chi connectivity index (χ1n) is 6.21. The number of nitrogen functional groups attached to an aromatic ring is 1. The quantitative estimate of drug-likeness (QED) is 0.498. The first-order chi connectivity index (χ1) is 9.16. The SMILES string of the molecule is Cc1nc(SCCCOc2ccccc2N)oc1C. The molecule has 2 N–H and O–H groups in total. The van der Waals surface area contributed by atoms with E-state index in [-0.39, 0.29) is 0 Å². The maximum Gasteiger partial charge on any atom is 0.256 e. The van der Waals surface area contributed by atoms with Gasteiger partial charge >= 0.3 is 0 Å². The number of anilines is 1. The van der Waals surface area contributed by atoms with E-state index in [0.29, 0.717) is 12.3 Å². The van der Waals surface area contributed by atoms with Crippen LogP contribution in [0, 0.1) is 13.8 Å². The van der Waals surface area contributed by atoms with E-state index in [0.717, 1.165) is 34.6 Å². The average Bonchev–Trinajstić information content (AvgIpc) is 2.70. The third-order valence-corrected chi connectivity index (χ3v) is 3.61. The van der Waals surface area contributed by atoms with Gasteiger partial charge in [-0.15, -0.1) is 0 Å². The monoisotopic (exact) mass is 278 g/mol. The fourth-order valence-electron chi connectivity index (χ4n) is 1.52. The summed E-state index contributed by atoms with van der Waals surface area (Å²) in [6.45, 7) is 4.51. The number of nitrogens with zero attached hydrogens (tertiary/aromatic N) is 1. The Morgan fingerprint density at radius 1 is 1.32 bits per heavy atom. The molecule has 0 aliphatic rings. The normalized spacial score (nSPS) is 10.6. The number of ether oxygens (including phenoxy) is 1. The molecule has 2 aromatic rings. The molecular weight excluding hydrogens is 260 g/mol. The summed E-state index contributed by atoms with van der Waals surface area (Å²) in [5, 5.41) is 0.731. The Balaban J connectivity index is 1.69. The zero-order chi connectivity index (χ0) is 13.7. The summed E-state index contributed by atoms with van der Waals surface area (Å²) < 4.78 is 11.1. The van der Waals surface area contributed by atoms with E-state index in [9.17, 15) is 0 Å². The van der Waals surface area contributed by atoms with Crippen LogP contribution < -0.4 is 10.5 Å². The molecule has 1 aromatic carbocycles. The van der Waals surface area contributed by atoms with Crippen molar-refractivity contribution in [2.24, 2.45) is 0 Å². The molecule has 0 radical (unpaired) electrons. The second-order valence-corrected chi connectivity index (χ2v) is 5.26. The standard InChI is InChI=1S/C14H18N2O2S/c1-10-11(2)18-14(16-10)19-9-5-8-17-13-7-4-3-6-12(13)15/h3-4,6-7H,5,8-9,15H2,1-2H3. The number of thioether (sulfide) groups is 1. The van der Waals surface area contributed by atoms with E-state index in [4.69, 9.17) is 14.9 Å². The third-order valence-electron chi connectivity index (χ3n) is 2.70. The highest BCUT2D eigenvalue weighted by atomic mass is 32.2. The van der Waals surface area contributed by atoms with Crippen molar-refractivity contribution in [2.45, 2.75) is 25.5 Å². The van der Waals surface area contributed by atoms with Crippen molar-refractivity contribution >= 4 is 17.4 Å². The van der Waals surface area contributed by atoms with Gasteiger partial charge in [0.1, 0.15) is 11.5 Å². The average molecular weight is 278 g/mol. The number of hydrogen-bond acceptors (Lipinski definition) is 5. The highest BCUT2D eigenvalue weighted by Crippen LogP contribution is 2.22. The largest absolute Gasteiger partial charge is 0.491 e. The van der Waals surface area contributed by atoms with Gasteiger partial charge in [0.2, 0.25) is 0 Å². The number of aromatic nitrogens is 1. The number of para-hydroxylation sites is 2. The highest BCUT2D eigenvalue weighted by molar-refractivity contribution is 7.99. The van der Waals surface area contributed by atoms with Crippen molar-refractivity contribution < 1.29 is 9.15 Å². The molecule has 1 aromatic heterocycles. The number of hydrogen-bond donors (Lipinski definition) is 1. The summed E-state index contributed by atoms with van der Waals surface area (Å²) in [5.74, 6) is 2.54. The van der Waals surface area contributed by atoms with Crippen LogP contribution in [-0.2, 0) is 0 Å². The Labute approximate surface area is 117 Å². The fourth-order valence-corrected chi connectivity index (χ4v) is 2.34. The van der Waals surface area contributed by atoms with Crippen LogP contribution in [0.3, 0.4) is 0 Å². The van der Waals surface area contributed by atoms with Crippen LogP contribution in [0.4, 0.5) is 5.69 Å².